The van der Waals surface area contributed by atoms with E-state index in [0.29, 0.717) is 0 Å². The zero-order chi connectivity index (χ0) is 27.1. The van der Waals surface area contributed by atoms with Gasteiger partial charge in [-0.3, -0.25) is 14.4 Å². The molecule has 0 unspecified atom stereocenters. The zero-order valence-corrected chi connectivity index (χ0v) is 21.6. The van der Waals surface area contributed by atoms with Crippen LogP contribution in [-0.2, 0) is 39.8 Å². The lowest BCUT2D eigenvalue weighted by Gasteiger charge is -2.23. The summed E-state index contributed by atoms with van der Waals surface area (Å²) in [5, 5.41) is 7.49. The lowest BCUT2D eigenvalue weighted by atomic mass is 10.0. The average Bonchev–Trinajstić information content (AvgIpc) is 2.79. The minimum atomic E-state index is -1.11. The normalized spacial score (nSPS) is 12.5. The minimum absolute atomic E-state index is 0.0321. The number of carbonyl (C=O) groups excluding carboxylic acids is 5. The first kappa shape index (κ1) is 30.4. The third-order valence-electron chi connectivity index (χ3n) is 4.56. The summed E-state index contributed by atoms with van der Waals surface area (Å²) >= 11 is 0. The second-order valence-corrected chi connectivity index (χ2v) is 8.82. The van der Waals surface area contributed by atoms with E-state index in [1.54, 1.807) is 58.9 Å². The molecule has 3 amide bonds. The summed E-state index contributed by atoms with van der Waals surface area (Å²) in [5.41, 5.74) is 0.0272. The van der Waals surface area contributed by atoms with Gasteiger partial charge in [0.25, 0.3) is 0 Å². The van der Waals surface area contributed by atoms with Crippen LogP contribution in [0.15, 0.2) is 30.3 Å². The summed E-state index contributed by atoms with van der Waals surface area (Å²) in [4.78, 5) is 61.7. The number of carbonyl (C=O) groups is 5. The van der Waals surface area contributed by atoms with Crippen molar-refractivity contribution < 1.29 is 38.2 Å². The molecule has 0 spiro atoms. The highest BCUT2D eigenvalue weighted by atomic mass is 16.6. The molecule has 36 heavy (non-hydrogen) atoms. The maximum atomic E-state index is 13.1. The van der Waals surface area contributed by atoms with Gasteiger partial charge >= 0.3 is 18.0 Å². The molecule has 200 valence electrons. The number of esters is 2. The Hall–Kier alpha value is -3.63. The van der Waals surface area contributed by atoms with Gasteiger partial charge in [0, 0.05) is 12.8 Å². The van der Waals surface area contributed by atoms with E-state index in [-0.39, 0.29) is 32.5 Å². The molecular formula is C25H37N3O8. The van der Waals surface area contributed by atoms with Crippen molar-refractivity contribution in [3.63, 3.8) is 0 Å². The highest BCUT2D eigenvalue weighted by molar-refractivity contribution is 5.92. The molecule has 0 aliphatic carbocycles. The summed E-state index contributed by atoms with van der Waals surface area (Å²) in [7, 11) is 0. The van der Waals surface area contributed by atoms with Gasteiger partial charge in [0.1, 0.15) is 24.2 Å². The van der Waals surface area contributed by atoms with Crippen LogP contribution in [0, 0.1) is 0 Å². The highest BCUT2D eigenvalue weighted by Gasteiger charge is 2.28. The molecule has 0 bridgehead atoms. The third-order valence-corrected chi connectivity index (χ3v) is 4.56. The summed E-state index contributed by atoms with van der Waals surface area (Å²) in [5.74, 6) is -2.49. The van der Waals surface area contributed by atoms with Gasteiger partial charge in [-0.2, -0.15) is 0 Å². The van der Waals surface area contributed by atoms with Gasteiger partial charge in [-0.25, -0.2) is 9.59 Å². The van der Waals surface area contributed by atoms with Crippen LogP contribution >= 0.6 is 0 Å². The Bertz CT molecular complexity index is 883. The number of ether oxygens (including phenoxy) is 3. The van der Waals surface area contributed by atoms with E-state index < -0.39 is 54.1 Å². The van der Waals surface area contributed by atoms with E-state index in [9.17, 15) is 24.0 Å². The first-order valence-electron chi connectivity index (χ1n) is 11.9. The topological polar surface area (TPSA) is 149 Å². The van der Waals surface area contributed by atoms with Gasteiger partial charge in [0.05, 0.1) is 13.2 Å². The summed E-state index contributed by atoms with van der Waals surface area (Å²) < 4.78 is 15.0. The van der Waals surface area contributed by atoms with Crippen LogP contribution in [-0.4, -0.2) is 67.3 Å². The number of hydrogen-bond donors (Lipinski definition) is 3. The SMILES string of the molecule is CCOC(=O)CC[C@@H](NC(=O)[C@H](Cc1ccccc1)NC(=O)CNC(=O)OC(C)(C)C)C(=O)OCC. The van der Waals surface area contributed by atoms with Crippen LogP contribution in [0.4, 0.5) is 4.79 Å². The molecule has 11 nitrogen and oxygen atoms in total. The molecular weight excluding hydrogens is 470 g/mol. The predicted octanol–water partition coefficient (Wildman–Crippen LogP) is 1.63. The average molecular weight is 508 g/mol. The van der Waals surface area contributed by atoms with Crippen molar-refractivity contribution in [2.45, 2.75) is 71.6 Å². The first-order valence-corrected chi connectivity index (χ1v) is 11.9. The molecule has 0 heterocycles. The fourth-order valence-electron chi connectivity index (χ4n) is 3.03. The van der Waals surface area contributed by atoms with Crippen molar-refractivity contribution in [3.05, 3.63) is 35.9 Å². The molecule has 0 fully saturated rings. The van der Waals surface area contributed by atoms with Gasteiger partial charge in [-0.15, -0.1) is 0 Å². The maximum absolute atomic E-state index is 13.1. The molecule has 11 heteroatoms. The van der Waals surface area contributed by atoms with Crippen LogP contribution in [0.25, 0.3) is 0 Å². The predicted molar refractivity (Wildman–Crippen MR) is 131 cm³/mol. The summed E-state index contributed by atoms with van der Waals surface area (Å²) in [6.07, 6.45) is -0.788. The van der Waals surface area contributed by atoms with Crippen LogP contribution in [0.3, 0.4) is 0 Å². The van der Waals surface area contributed by atoms with E-state index in [0.717, 1.165) is 5.56 Å². The highest BCUT2D eigenvalue weighted by Crippen LogP contribution is 2.08. The molecule has 1 aromatic carbocycles. The molecule has 3 N–H and O–H groups in total. The standard InChI is InChI=1S/C25H37N3O8/c1-6-34-21(30)14-13-18(23(32)35-7-2)28-22(31)19(15-17-11-9-8-10-12-17)27-20(29)16-26-24(33)36-25(3,4)5/h8-12,18-19H,6-7,13-16H2,1-5H3,(H,26,33)(H,27,29)(H,28,31)/t18-,19+/m1/s1. The second-order valence-electron chi connectivity index (χ2n) is 8.82. The lowest BCUT2D eigenvalue weighted by molar-refractivity contribution is -0.149. The number of nitrogens with one attached hydrogen (secondary N) is 3. The Morgan fingerprint density at radius 2 is 1.53 bits per heavy atom. The number of rotatable bonds is 13. The van der Waals surface area contributed by atoms with Gasteiger partial charge < -0.3 is 30.2 Å². The Labute approximate surface area is 211 Å². The van der Waals surface area contributed by atoms with E-state index in [1.807, 2.05) is 6.07 Å². The van der Waals surface area contributed by atoms with Crippen molar-refractivity contribution in [1.82, 2.24) is 16.0 Å². The molecule has 1 aromatic rings. The number of amides is 3. The quantitative estimate of drug-likeness (QED) is 0.269. The summed E-state index contributed by atoms with van der Waals surface area (Å²) in [6, 6.07) is 6.78. The van der Waals surface area contributed by atoms with Gasteiger partial charge in [-0.05, 0) is 46.6 Å². The fraction of sp³-hybridized carbons (Fsp3) is 0.560. The van der Waals surface area contributed by atoms with E-state index >= 15 is 0 Å². The van der Waals surface area contributed by atoms with Gasteiger partial charge in [0.15, 0.2) is 0 Å². The second kappa shape index (κ2) is 15.4. The Morgan fingerprint density at radius 1 is 0.889 bits per heavy atom. The van der Waals surface area contributed by atoms with Crippen molar-refractivity contribution in [3.8, 4) is 0 Å². The van der Waals surface area contributed by atoms with E-state index in [1.165, 1.54) is 0 Å². The molecule has 0 aliphatic rings. The molecule has 0 radical (unpaired) electrons. The van der Waals surface area contributed by atoms with Crippen molar-refractivity contribution in [2.75, 3.05) is 19.8 Å². The first-order chi connectivity index (χ1) is 16.9. The Balaban J connectivity index is 2.92. The smallest absolute Gasteiger partial charge is 0.408 e. The Kier molecular flexibility index (Phi) is 13.0. The maximum Gasteiger partial charge on any atom is 0.408 e. The minimum Gasteiger partial charge on any atom is -0.466 e. The van der Waals surface area contributed by atoms with Gasteiger partial charge in [0.2, 0.25) is 11.8 Å². The zero-order valence-electron chi connectivity index (χ0n) is 21.6. The van der Waals surface area contributed by atoms with Crippen LogP contribution in [0.5, 0.6) is 0 Å². The van der Waals surface area contributed by atoms with Crippen LogP contribution in [0.1, 0.15) is 53.0 Å². The summed E-state index contributed by atoms with van der Waals surface area (Å²) in [6.45, 7) is 8.22. The lowest BCUT2D eigenvalue weighted by Crippen LogP contribution is -2.54. The molecule has 0 saturated heterocycles. The van der Waals surface area contributed by atoms with Crippen LogP contribution < -0.4 is 16.0 Å². The number of hydrogen-bond acceptors (Lipinski definition) is 8. The molecule has 0 aliphatic heterocycles. The van der Waals surface area contributed by atoms with Crippen molar-refractivity contribution >= 4 is 29.8 Å². The van der Waals surface area contributed by atoms with Crippen LogP contribution in [0.2, 0.25) is 0 Å². The fourth-order valence-corrected chi connectivity index (χ4v) is 3.03. The van der Waals surface area contributed by atoms with Crippen molar-refractivity contribution in [2.24, 2.45) is 0 Å². The molecule has 2 atom stereocenters. The molecule has 1 rings (SSSR count). The van der Waals surface area contributed by atoms with Crippen molar-refractivity contribution in [1.29, 1.82) is 0 Å². The monoisotopic (exact) mass is 507 g/mol. The Morgan fingerprint density at radius 3 is 2.11 bits per heavy atom. The van der Waals surface area contributed by atoms with Gasteiger partial charge in [-0.1, -0.05) is 30.3 Å². The number of alkyl carbamates (subject to hydrolysis) is 1. The third kappa shape index (κ3) is 12.7. The van der Waals surface area contributed by atoms with E-state index in [4.69, 9.17) is 14.2 Å². The molecule has 0 saturated carbocycles. The molecule has 0 aromatic heterocycles. The number of benzene rings is 1. The largest absolute Gasteiger partial charge is 0.466 e. The van der Waals surface area contributed by atoms with E-state index in [2.05, 4.69) is 16.0 Å².